The lowest BCUT2D eigenvalue weighted by atomic mass is 9.75. The van der Waals surface area contributed by atoms with Crippen LogP contribution in [0.4, 0.5) is 0 Å². The predicted octanol–water partition coefficient (Wildman–Crippen LogP) is 8.57. The monoisotopic (exact) mass is 641 g/mol. The summed E-state index contributed by atoms with van der Waals surface area (Å²) in [6.45, 7) is 27.2. The molecule has 46 heavy (non-hydrogen) atoms. The number of hydrogen-bond acceptors (Lipinski definition) is 6. The Kier molecular flexibility index (Phi) is 11.5. The van der Waals surface area contributed by atoms with Crippen LogP contribution in [0, 0.1) is 0 Å². The normalized spacial score (nSPS) is 15.8. The van der Waals surface area contributed by atoms with Crippen molar-refractivity contribution in [3.8, 4) is 11.5 Å². The van der Waals surface area contributed by atoms with E-state index in [-0.39, 0.29) is 24.3 Å². The van der Waals surface area contributed by atoms with Gasteiger partial charge in [0, 0.05) is 11.8 Å². The summed E-state index contributed by atoms with van der Waals surface area (Å²) >= 11 is 0. The van der Waals surface area contributed by atoms with Crippen LogP contribution in [-0.2, 0) is 31.2 Å². The zero-order chi connectivity index (χ0) is 35.9. The first kappa shape index (κ1) is 39.1. The summed E-state index contributed by atoms with van der Waals surface area (Å²) in [5.41, 5.74) is 1.93. The Bertz CT molecular complexity index is 1240. The van der Waals surface area contributed by atoms with Crippen molar-refractivity contribution in [2.75, 3.05) is 0 Å². The molecule has 0 bridgehead atoms. The van der Waals surface area contributed by atoms with E-state index in [4.69, 9.17) is 0 Å². The van der Waals surface area contributed by atoms with Gasteiger partial charge in [0.05, 0.1) is 0 Å². The number of carboxylic acid groups (broad SMARTS) is 2. The number of carbonyl (C=O) groups is 2. The van der Waals surface area contributed by atoms with E-state index >= 15 is 0 Å². The number of aromatic hydroxyl groups is 2. The van der Waals surface area contributed by atoms with Crippen molar-refractivity contribution in [1.82, 2.24) is 5.06 Å². The smallest absolute Gasteiger partial charge is 0.323 e. The molecule has 0 aliphatic carbocycles. The lowest BCUT2D eigenvalue weighted by molar-refractivity contribution is -0.200. The Morgan fingerprint density at radius 2 is 0.783 bits per heavy atom. The topological polar surface area (TPSA) is 139 Å². The highest BCUT2D eigenvalue weighted by Gasteiger charge is 2.44. The van der Waals surface area contributed by atoms with E-state index < -0.39 is 57.5 Å². The predicted molar refractivity (Wildman–Crippen MR) is 184 cm³/mol. The van der Waals surface area contributed by atoms with Gasteiger partial charge in [-0.25, -0.2) is 0 Å². The van der Waals surface area contributed by atoms with Gasteiger partial charge in [0.15, 0.2) is 0 Å². The van der Waals surface area contributed by atoms with E-state index in [1.54, 1.807) is 24.3 Å². The largest absolute Gasteiger partial charge is 0.507 e. The third-order valence-electron chi connectivity index (χ3n) is 9.07. The first-order chi connectivity index (χ1) is 20.7. The summed E-state index contributed by atoms with van der Waals surface area (Å²) < 4.78 is 0. The Hall–Kier alpha value is -3.10. The van der Waals surface area contributed by atoms with Gasteiger partial charge in [-0.15, -0.1) is 0 Å². The SMILES string of the molecule is CCC(c1cc(C(C)(C)C)c(O)c(C(C)(C)C)c1)C(C(=O)O)N(O)C(C(=O)O)C(CC)c1cc(C(C)(C)C)c(O)c(C(C)(C)C)c1. The molecule has 8 nitrogen and oxygen atoms in total. The molecule has 0 aliphatic rings. The second kappa shape index (κ2) is 13.6. The van der Waals surface area contributed by atoms with Crippen LogP contribution >= 0.6 is 0 Å². The van der Waals surface area contributed by atoms with Crippen LogP contribution in [0.3, 0.4) is 0 Å². The number of carboxylic acids is 2. The van der Waals surface area contributed by atoms with Gasteiger partial charge in [-0.1, -0.05) is 121 Å². The summed E-state index contributed by atoms with van der Waals surface area (Å²) in [5, 5.41) is 56.2. The molecule has 5 N–H and O–H groups in total. The molecule has 0 aromatic heterocycles. The van der Waals surface area contributed by atoms with Gasteiger partial charge >= 0.3 is 11.9 Å². The van der Waals surface area contributed by atoms with Gasteiger partial charge in [0.2, 0.25) is 0 Å². The number of hydrogen-bond donors (Lipinski definition) is 5. The maximum absolute atomic E-state index is 13.1. The zero-order valence-electron chi connectivity index (χ0n) is 30.5. The highest BCUT2D eigenvalue weighted by atomic mass is 16.5. The Morgan fingerprint density at radius 3 is 0.935 bits per heavy atom. The Morgan fingerprint density at radius 1 is 0.565 bits per heavy atom. The standard InChI is InChI=1S/C38H59NO7/c1-15-23(21-17-25(35(3,4)5)31(40)26(18-21)36(6,7)8)29(33(42)43)39(46)30(34(44)45)24(16-2)22-19-27(37(9,10)11)32(41)28(20-22)38(12,13)14/h17-20,23-24,29-30,40-41,46H,15-16H2,1-14H3,(H,42,43)(H,44,45). The van der Waals surface area contributed by atoms with Gasteiger partial charge in [-0.2, -0.15) is 5.06 Å². The Labute approximate surface area is 276 Å². The highest BCUT2D eigenvalue weighted by molar-refractivity contribution is 5.79. The van der Waals surface area contributed by atoms with Gasteiger partial charge in [0.25, 0.3) is 0 Å². The lowest BCUT2D eigenvalue weighted by Crippen LogP contribution is -2.53. The van der Waals surface area contributed by atoms with E-state index in [1.807, 2.05) is 96.9 Å². The minimum Gasteiger partial charge on any atom is -0.507 e. The first-order valence-electron chi connectivity index (χ1n) is 16.4. The molecule has 2 aromatic carbocycles. The average molecular weight is 642 g/mol. The molecule has 4 unspecified atom stereocenters. The van der Waals surface area contributed by atoms with Gasteiger partial charge < -0.3 is 25.6 Å². The maximum Gasteiger partial charge on any atom is 0.323 e. The molecule has 0 fully saturated rings. The van der Waals surface area contributed by atoms with Crippen molar-refractivity contribution in [2.45, 2.75) is 155 Å². The summed E-state index contributed by atoms with van der Waals surface area (Å²) in [7, 11) is 0. The minimum absolute atomic E-state index is 0.150. The molecule has 0 aliphatic heterocycles. The molecule has 258 valence electrons. The molecular weight excluding hydrogens is 582 g/mol. The van der Waals surface area contributed by atoms with Crippen LogP contribution in [-0.4, -0.2) is 54.7 Å². The Balaban J connectivity index is 2.88. The van der Waals surface area contributed by atoms with E-state index in [1.165, 1.54) is 0 Å². The highest BCUT2D eigenvalue weighted by Crippen LogP contribution is 2.45. The van der Waals surface area contributed by atoms with Crippen molar-refractivity contribution >= 4 is 11.9 Å². The van der Waals surface area contributed by atoms with Crippen molar-refractivity contribution in [3.63, 3.8) is 0 Å². The number of rotatable bonds is 10. The van der Waals surface area contributed by atoms with Crippen LogP contribution in [0.5, 0.6) is 11.5 Å². The molecule has 2 aromatic rings. The number of hydroxylamine groups is 2. The van der Waals surface area contributed by atoms with Crippen molar-refractivity contribution < 1.29 is 35.2 Å². The van der Waals surface area contributed by atoms with Gasteiger partial charge in [0.1, 0.15) is 23.6 Å². The van der Waals surface area contributed by atoms with E-state index in [2.05, 4.69) is 0 Å². The molecule has 2 rings (SSSR count). The van der Waals surface area contributed by atoms with E-state index in [0.29, 0.717) is 38.4 Å². The second-order valence-corrected chi connectivity index (χ2v) is 16.9. The van der Waals surface area contributed by atoms with E-state index in [0.717, 1.165) is 0 Å². The fourth-order valence-electron chi connectivity index (χ4n) is 6.42. The van der Waals surface area contributed by atoms with Crippen molar-refractivity contribution in [2.24, 2.45) is 0 Å². The molecular formula is C38H59NO7. The lowest BCUT2D eigenvalue weighted by Gasteiger charge is -2.38. The van der Waals surface area contributed by atoms with Crippen LogP contribution in [0.25, 0.3) is 0 Å². The van der Waals surface area contributed by atoms with Crippen molar-refractivity contribution in [3.05, 3.63) is 57.6 Å². The van der Waals surface area contributed by atoms with Crippen LogP contribution in [0.2, 0.25) is 0 Å². The molecule has 0 saturated heterocycles. The summed E-state index contributed by atoms with van der Waals surface area (Å²) in [4.78, 5) is 26.1. The fraction of sp³-hybridized carbons (Fsp3) is 0.632. The molecule has 0 heterocycles. The van der Waals surface area contributed by atoms with E-state index in [9.17, 15) is 35.2 Å². The first-order valence-corrected chi connectivity index (χ1v) is 16.4. The van der Waals surface area contributed by atoms with Crippen LogP contribution < -0.4 is 0 Å². The number of phenols is 2. The third kappa shape index (κ3) is 8.24. The van der Waals surface area contributed by atoms with Crippen molar-refractivity contribution in [1.29, 1.82) is 0 Å². The molecule has 4 atom stereocenters. The third-order valence-corrected chi connectivity index (χ3v) is 9.07. The summed E-state index contributed by atoms with van der Waals surface area (Å²) in [6, 6.07) is 3.96. The number of phenolic OH excluding ortho intramolecular Hbond substituents is 2. The average Bonchev–Trinajstić information content (AvgIpc) is 2.87. The number of aliphatic carboxylic acids is 2. The number of benzene rings is 2. The molecule has 0 saturated carbocycles. The van der Waals surface area contributed by atoms with Crippen LogP contribution in [0.15, 0.2) is 24.3 Å². The molecule has 0 radical (unpaired) electrons. The molecule has 8 heteroatoms. The summed E-state index contributed by atoms with van der Waals surface area (Å²) in [6.07, 6.45) is 0.577. The number of nitrogens with zero attached hydrogens (tertiary/aromatic N) is 1. The fourth-order valence-corrected chi connectivity index (χ4v) is 6.42. The van der Waals surface area contributed by atoms with Crippen LogP contribution in [0.1, 0.15) is 155 Å². The van der Waals surface area contributed by atoms with Gasteiger partial charge in [-0.3, -0.25) is 9.59 Å². The van der Waals surface area contributed by atoms with Gasteiger partial charge in [-0.05, 0) is 67.9 Å². The maximum atomic E-state index is 13.1. The molecule has 0 spiro atoms. The quantitative estimate of drug-likeness (QED) is 0.163. The minimum atomic E-state index is -1.60. The zero-order valence-corrected chi connectivity index (χ0v) is 30.5. The second-order valence-electron chi connectivity index (χ2n) is 16.9. The summed E-state index contributed by atoms with van der Waals surface area (Å²) in [5.74, 6) is -4.02. The molecule has 0 amide bonds.